The molecule has 0 atom stereocenters. The summed E-state index contributed by atoms with van der Waals surface area (Å²) in [6.45, 7) is 3.99. The molecule has 0 unspecified atom stereocenters. The molecule has 11 heteroatoms. The van der Waals surface area contributed by atoms with Crippen molar-refractivity contribution in [2.75, 3.05) is 18.8 Å². The number of halogens is 2. The van der Waals surface area contributed by atoms with Gasteiger partial charge >= 0.3 is 6.03 Å². The summed E-state index contributed by atoms with van der Waals surface area (Å²) in [7, 11) is 1.48. The number of amides is 4. The van der Waals surface area contributed by atoms with Gasteiger partial charge in [0.05, 0.1) is 12.8 Å². The normalized spacial score (nSPS) is 15.3. The van der Waals surface area contributed by atoms with E-state index in [-0.39, 0.29) is 24.7 Å². The molecule has 0 aromatic heterocycles. The van der Waals surface area contributed by atoms with Crippen LogP contribution in [0.3, 0.4) is 0 Å². The smallest absolute Gasteiger partial charge is 0.335 e. The first kappa shape index (κ1) is 27.1. The Morgan fingerprint density at radius 2 is 1.82 bits per heavy atom. The Hall–Kier alpha value is -4.47. The third kappa shape index (κ3) is 5.34. The van der Waals surface area contributed by atoms with Gasteiger partial charge in [-0.05, 0) is 54.5 Å². The van der Waals surface area contributed by atoms with Gasteiger partial charge in [0.15, 0.2) is 23.0 Å². The van der Waals surface area contributed by atoms with Crippen molar-refractivity contribution in [3.05, 3.63) is 93.5 Å². The van der Waals surface area contributed by atoms with Gasteiger partial charge in [0.2, 0.25) is 6.79 Å². The van der Waals surface area contributed by atoms with Crippen LogP contribution in [0.5, 0.6) is 23.0 Å². The van der Waals surface area contributed by atoms with E-state index in [1.54, 1.807) is 42.5 Å². The van der Waals surface area contributed by atoms with E-state index in [9.17, 15) is 14.4 Å². The number of rotatable bonds is 8. The fourth-order valence-electron chi connectivity index (χ4n) is 4.26. The molecule has 9 nitrogen and oxygen atoms in total. The Balaban J connectivity index is 1.48. The Kier molecular flexibility index (Phi) is 7.68. The number of imide groups is 2. The molecular weight excluding hydrogens is 559 g/mol. The van der Waals surface area contributed by atoms with Crippen molar-refractivity contribution in [3.8, 4) is 23.0 Å². The third-order valence-electron chi connectivity index (χ3n) is 6.15. The van der Waals surface area contributed by atoms with E-state index in [1.807, 2.05) is 0 Å². The lowest BCUT2D eigenvalue weighted by Crippen LogP contribution is -2.54. The summed E-state index contributed by atoms with van der Waals surface area (Å²) in [5.41, 5.74) is 1.87. The van der Waals surface area contributed by atoms with Crippen molar-refractivity contribution in [2.45, 2.75) is 13.0 Å². The summed E-state index contributed by atoms with van der Waals surface area (Å²) in [5.74, 6) is 0.0667. The van der Waals surface area contributed by atoms with Crippen LogP contribution in [-0.4, -0.2) is 31.7 Å². The van der Waals surface area contributed by atoms with E-state index in [4.69, 9.17) is 42.1 Å². The minimum absolute atomic E-state index is 0.0316. The molecule has 3 aromatic carbocycles. The van der Waals surface area contributed by atoms with Gasteiger partial charge in [0, 0.05) is 27.2 Å². The number of benzene rings is 3. The van der Waals surface area contributed by atoms with Crippen LogP contribution in [0.1, 0.15) is 16.7 Å². The second kappa shape index (κ2) is 11.3. The molecule has 1 saturated heterocycles. The summed E-state index contributed by atoms with van der Waals surface area (Å²) in [5, 5.41) is 3.19. The van der Waals surface area contributed by atoms with E-state index in [0.717, 1.165) is 10.5 Å². The molecule has 2 heterocycles. The number of allylic oxidation sites excluding steroid dienone is 1. The highest BCUT2D eigenvalue weighted by atomic mass is 35.5. The van der Waals surface area contributed by atoms with Gasteiger partial charge in [-0.2, -0.15) is 0 Å². The number of hydrogen-bond donors (Lipinski definition) is 1. The molecule has 0 spiro atoms. The Bertz CT molecular complexity index is 1580. The summed E-state index contributed by atoms with van der Waals surface area (Å²) in [6, 6.07) is 12.2. The minimum atomic E-state index is -0.874. The first-order valence-corrected chi connectivity index (χ1v) is 12.7. The quantitative estimate of drug-likeness (QED) is 0.207. The summed E-state index contributed by atoms with van der Waals surface area (Å²) in [6.07, 6.45) is 3.48. The van der Waals surface area contributed by atoms with Gasteiger partial charge in [0.1, 0.15) is 12.2 Å². The first-order valence-electron chi connectivity index (χ1n) is 12.0. The lowest BCUT2D eigenvalue weighted by atomic mass is 10.0. The second-order valence-electron chi connectivity index (χ2n) is 8.72. The number of urea groups is 1. The highest BCUT2D eigenvalue weighted by Gasteiger charge is 2.37. The van der Waals surface area contributed by atoms with Gasteiger partial charge in [-0.15, -0.1) is 6.58 Å². The third-order valence-corrected chi connectivity index (χ3v) is 6.74. The van der Waals surface area contributed by atoms with Crippen molar-refractivity contribution in [2.24, 2.45) is 0 Å². The highest BCUT2D eigenvalue weighted by molar-refractivity contribution is 6.39. The van der Waals surface area contributed by atoms with E-state index >= 15 is 0 Å². The van der Waals surface area contributed by atoms with Crippen LogP contribution in [0.4, 0.5) is 10.5 Å². The average molecular weight is 581 g/mol. The van der Waals surface area contributed by atoms with Crippen LogP contribution in [-0.2, 0) is 22.6 Å². The van der Waals surface area contributed by atoms with Crippen molar-refractivity contribution in [3.63, 3.8) is 0 Å². The Labute approximate surface area is 239 Å². The second-order valence-corrected chi connectivity index (χ2v) is 9.57. The first-order chi connectivity index (χ1) is 19.3. The largest absolute Gasteiger partial charge is 0.493 e. The predicted molar refractivity (Wildman–Crippen MR) is 149 cm³/mol. The maximum absolute atomic E-state index is 13.4. The summed E-state index contributed by atoms with van der Waals surface area (Å²) in [4.78, 5) is 39.7. The number of hydrogen-bond acceptors (Lipinski definition) is 7. The molecule has 204 valence electrons. The number of fused-ring (bicyclic) bond motifs is 1. The molecule has 5 rings (SSSR count). The van der Waals surface area contributed by atoms with Crippen LogP contribution in [0.2, 0.25) is 10.0 Å². The zero-order valence-corrected chi connectivity index (χ0v) is 22.7. The number of methoxy groups -OCH3 is 1. The molecule has 3 aromatic rings. The number of barbiturate groups is 1. The van der Waals surface area contributed by atoms with E-state index in [0.29, 0.717) is 50.6 Å². The maximum Gasteiger partial charge on any atom is 0.335 e. The van der Waals surface area contributed by atoms with Crippen molar-refractivity contribution in [1.82, 2.24) is 5.32 Å². The molecule has 0 aliphatic carbocycles. The fraction of sp³-hybridized carbons (Fsp3) is 0.138. The highest BCUT2D eigenvalue weighted by Crippen LogP contribution is 2.38. The molecule has 0 saturated carbocycles. The summed E-state index contributed by atoms with van der Waals surface area (Å²) < 4.78 is 22.3. The van der Waals surface area contributed by atoms with Crippen LogP contribution in [0.25, 0.3) is 6.08 Å². The summed E-state index contributed by atoms with van der Waals surface area (Å²) >= 11 is 12.3. The lowest BCUT2D eigenvalue weighted by molar-refractivity contribution is -0.122. The van der Waals surface area contributed by atoms with Gasteiger partial charge in [-0.1, -0.05) is 35.3 Å². The van der Waals surface area contributed by atoms with Crippen molar-refractivity contribution < 1.29 is 33.3 Å². The molecule has 4 amide bonds. The lowest BCUT2D eigenvalue weighted by Gasteiger charge is -2.26. The number of ether oxygens (including phenoxy) is 4. The average Bonchev–Trinajstić information content (AvgIpc) is 3.39. The minimum Gasteiger partial charge on any atom is -0.493 e. The van der Waals surface area contributed by atoms with Crippen molar-refractivity contribution >= 4 is 52.8 Å². The number of carbonyl (C=O) groups excluding carboxylic acids is 3. The van der Waals surface area contributed by atoms with Crippen molar-refractivity contribution in [1.29, 1.82) is 0 Å². The van der Waals surface area contributed by atoms with Crippen LogP contribution >= 0.6 is 23.2 Å². The Morgan fingerprint density at radius 1 is 1.02 bits per heavy atom. The molecule has 1 N–H and O–H groups in total. The zero-order valence-electron chi connectivity index (χ0n) is 21.2. The fourth-order valence-corrected chi connectivity index (χ4v) is 4.72. The monoisotopic (exact) mass is 580 g/mol. The van der Waals surface area contributed by atoms with E-state index < -0.39 is 17.8 Å². The number of carbonyl (C=O) groups is 3. The Morgan fingerprint density at radius 3 is 2.58 bits per heavy atom. The van der Waals surface area contributed by atoms with E-state index in [2.05, 4.69) is 11.9 Å². The van der Waals surface area contributed by atoms with E-state index in [1.165, 1.54) is 25.3 Å². The van der Waals surface area contributed by atoms with Gasteiger partial charge < -0.3 is 18.9 Å². The van der Waals surface area contributed by atoms with Crippen LogP contribution < -0.4 is 29.2 Å². The molecule has 40 heavy (non-hydrogen) atoms. The van der Waals surface area contributed by atoms with Crippen LogP contribution in [0.15, 0.2) is 66.8 Å². The molecular formula is C29H22Cl2N2O7. The van der Waals surface area contributed by atoms with Crippen LogP contribution in [0, 0.1) is 0 Å². The number of nitrogens with one attached hydrogen (secondary N) is 1. The predicted octanol–water partition coefficient (Wildman–Crippen LogP) is 5.70. The number of anilines is 1. The van der Waals surface area contributed by atoms with Gasteiger partial charge in [0.25, 0.3) is 11.8 Å². The van der Waals surface area contributed by atoms with Gasteiger partial charge in [-0.3, -0.25) is 14.9 Å². The maximum atomic E-state index is 13.4. The molecule has 0 radical (unpaired) electrons. The number of nitrogens with zero attached hydrogens (tertiary/aromatic N) is 1. The molecule has 0 bridgehead atoms. The standard InChI is InChI=1S/C29H22Cl2N2O7/c1-3-4-17-9-16(11-25(37-2)26(17)38-14-18-5-6-19(30)12-22(18)31)10-21-27(34)32-29(36)33(28(21)35)20-7-8-23-24(13-20)40-15-39-23/h3,5-13H,1,4,14-15H2,2H3,(H,32,34,36)/b21-10+. The van der Waals surface area contributed by atoms with Gasteiger partial charge in [-0.25, -0.2) is 9.69 Å². The topological polar surface area (TPSA) is 103 Å². The molecule has 2 aliphatic rings. The zero-order chi connectivity index (χ0) is 28.4. The SMILES string of the molecule is C=CCc1cc(/C=C2\C(=O)NC(=O)N(c3ccc4c(c3)OCO4)C2=O)cc(OC)c1OCc1ccc(Cl)cc1Cl. The molecule has 1 fully saturated rings. The molecule has 2 aliphatic heterocycles.